The number of methoxy groups -OCH3 is 1. The van der Waals surface area contributed by atoms with Gasteiger partial charge in [-0.25, -0.2) is 0 Å². The van der Waals surface area contributed by atoms with Gasteiger partial charge in [0.25, 0.3) is 0 Å². The summed E-state index contributed by atoms with van der Waals surface area (Å²) in [5.41, 5.74) is 0.305. The summed E-state index contributed by atoms with van der Waals surface area (Å²) < 4.78 is 6.40. The third-order valence-electron chi connectivity index (χ3n) is 16.3. The van der Waals surface area contributed by atoms with Crippen molar-refractivity contribution in [1.29, 1.82) is 0 Å². The van der Waals surface area contributed by atoms with E-state index in [0.29, 0.717) is 42.1 Å². The number of rotatable bonds is 13. The molecule has 1 heterocycles. The van der Waals surface area contributed by atoms with Crippen LogP contribution in [0, 0.1) is 58.7 Å². The van der Waals surface area contributed by atoms with Gasteiger partial charge in [-0.3, -0.25) is 24.1 Å². The first kappa shape index (κ1) is 43.0. The Hall–Kier alpha value is -1.63. The first-order chi connectivity index (χ1) is 26.2. The second kappa shape index (κ2) is 18.1. The van der Waals surface area contributed by atoms with Crippen LogP contribution in [-0.2, 0) is 24.0 Å². The van der Waals surface area contributed by atoms with Gasteiger partial charge in [-0.15, -0.1) is 0 Å². The minimum Gasteiger partial charge on any atom is -0.394 e. The first-order valence-corrected chi connectivity index (χ1v) is 22.2. The van der Waals surface area contributed by atoms with E-state index in [1.54, 1.807) is 26.1 Å². The lowest BCUT2D eigenvalue weighted by atomic mass is 9.45. The number of carbonyl (C=O) groups is 3. The molecule has 55 heavy (non-hydrogen) atoms. The number of aliphatic hydroxyl groups excluding tert-OH is 2. The van der Waals surface area contributed by atoms with E-state index in [-0.39, 0.29) is 66.2 Å². The molecule has 7 fully saturated rings. The summed E-state index contributed by atoms with van der Waals surface area (Å²) in [6.45, 7) is 8.85. The summed E-state index contributed by atoms with van der Waals surface area (Å²) >= 11 is 0. The molecule has 7 rings (SSSR count). The third kappa shape index (κ3) is 9.02. The van der Waals surface area contributed by atoms with Crippen molar-refractivity contribution in [2.45, 2.75) is 160 Å². The molecule has 0 spiro atoms. The van der Waals surface area contributed by atoms with Crippen molar-refractivity contribution >= 4 is 17.7 Å². The average Bonchev–Trinajstić information content (AvgIpc) is 3.55. The highest BCUT2D eigenvalue weighted by atomic mass is 16.7. The number of hydroxylamine groups is 2. The van der Waals surface area contributed by atoms with Gasteiger partial charge in [-0.05, 0) is 113 Å². The number of hydrogen-bond acceptors (Lipinski definition) is 9. The molecule has 1 aliphatic heterocycles. The maximum absolute atomic E-state index is 14.3. The molecule has 7 unspecified atom stereocenters. The van der Waals surface area contributed by atoms with Gasteiger partial charge in [0, 0.05) is 57.0 Å². The fourth-order valence-corrected chi connectivity index (χ4v) is 12.8. The van der Waals surface area contributed by atoms with E-state index in [1.807, 2.05) is 0 Å². The smallest absolute Gasteiger partial charge is 0.240 e. The molecule has 0 radical (unpaired) electrons. The SMILES string of the molecule is COC1C(CN2O[C@@H](CO)[C@@H]([C@H](C)O)[C@H]2C(=O)N[C@H]2CC3C[C@@H]([C@@H]2C)C3(C)C)CCCC1C1CC(C(=O)N(C)C(=O)CCC2CCCCC2)CC(N(C)C)C1. The number of nitrogens with zero attached hydrogens (tertiary/aromatic N) is 3. The highest BCUT2D eigenvalue weighted by Crippen LogP contribution is 2.61. The Morgan fingerprint density at radius 2 is 1.71 bits per heavy atom. The van der Waals surface area contributed by atoms with Crippen LogP contribution < -0.4 is 5.32 Å². The van der Waals surface area contributed by atoms with Crippen LogP contribution in [0.5, 0.6) is 0 Å². The minimum absolute atomic E-state index is 0.0433. The highest BCUT2D eigenvalue weighted by Gasteiger charge is 2.58. The summed E-state index contributed by atoms with van der Waals surface area (Å²) in [5, 5.41) is 26.6. The molecule has 314 valence electrons. The summed E-state index contributed by atoms with van der Waals surface area (Å²) in [5.74, 6) is 1.66. The predicted octanol–water partition coefficient (Wildman–Crippen LogP) is 5.27. The second-order valence-electron chi connectivity index (χ2n) is 19.9. The van der Waals surface area contributed by atoms with Crippen LogP contribution in [0.15, 0.2) is 0 Å². The molecule has 14 atom stereocenters. The maximum Gasteiger partial charge on any atom is 0.240 e. The van der Waals surface area contributed by atoms with Gasteiger partial charge in [0.2, 0.25) is 17.7 Å². The quantitative estimate of drug-likeness (QED) is 0.229. The van der Waals surface area contributed by atoms with Crippen molar-refractivity contribution in [2.75, 3.05) is 41.4 Å². The molecule has 11 heteroatoms. The standard InChI is InChI=1S/C44H76N4O7/c1-26-35-22-32(44(35,3)4)23-36(26)45-42(52)40-39(27(2)50)37(25-49)55-48(40)24-29-15-12-16-34(41(29)54-8)30-19-31(21-33(20-30)46(5)6)43(53)47(7)38(51)18-17-28-13-10-9-11-14-28/h26-37,39-41,49-50H,9-25H2,1-8H3,(H,45,52)/t26-,27-,29?,30?,31?,32?,33?,34?,35-,36-,37-,39+,40-,41?/m0/s1. The van der Waals surface area contributed by atoms with Crippen molar-refractivity contribution in [3.8, 4) is 0 Å². The van der Waals surface area contributed by atoms with Crippen molar-refractivity contribution in [3.05, 3.63) is 0 Å². The average molecular weight is 773 g/mol. The normalized spacial score (nSPS) is 40.0. The lowest BCUT2D eigenvalue weighted by molar-refractivity contribution is -0.193. The van der Waals surface area contributed by atoms with Gasteiger partial charge in [-0.1, -0.05) is 59.3 Å². The monoisotopic (exact) mass is 773 g/mol. The summed E-state index contributed by atoms with van der Waals surface area (Å²) in [6.07, 6.45) is 13.4. The molecule has 0 aromatic heterocycles. The number of imide groups is 1. The molecule has 1 saturated heterocycles. The van der Waals surface area contributed by atoms with Crippen LogP contribution in [0.1, 0.15) is 124 Å². The Balaban J connectivity index is 1.14. The van der Waals surface area contributed by atoms with Crippen molar-refractivity contribution in [3.63, 3.8) is 0 Å². The van der Waals surface area contributed by atoms with Gasteiger partial charge in [-0.2, -0.15) is 5.06 Å². The zero-order valence-electron chi connectivity index (χ0n) is 35.5. The van der Waals surface area contributed by atoms with E-state index in [2.05, 4.69) is 45.1 Å². The lowest BCUT2D eigenvalue weighted by Crippen LogP contribution is -2.62. The van der Waals surface area contributed by atoms with Gasteiger partial charge >= 0.3 is 0 Å². The topological polar surface area (TPSA) is 132 Å². The molecule has 0 aromatic carbocycles. The number of amides is 3. The van der Waals surface area contributed by atoms with Crippen molar-refractivity contribution in [1.82, 2.24) is 20.2 Å². The lowest BCUT2D eigenvalue weighted by Gasteiger charge is -2.62. The molecule has 3 N–H and O–H groups in total. The first-order valence-electron chi connectivity index (χ1n) is 22.2. The van der Waals surface area contributed by atoms with E-state index in [0.717, 1.165) is 51.4 Å². The Labute approximate surface area is 331 Å². The van der Waals surface area contributed by atoms with E-state index in [1.165, 1.54) is 43.4 Å². The van der Waals surface area contributed by atoms with Crippen LogP contribution in [-0.4, -0.2) is 121 Å². The molecule has 7 aliphatic rings. The Morgan fingerprint density at radius 3 is 2.33 bits per heavy atom. The molecule has 3 amide bonds. The number of ether oxygens (including phenoxy) is 1. The predicted molar refractivity (Wildman–Crippen MR) is 212 cm³/mol. The largest absolute Gasteiger partial charge is 0.394 e. The Bertz CT molecular complexity index is 1320. The zero-order valence-corrected chi connectivity index (χ0v) is 35.5. The third-order valence-corrected chi connectivity index (χ3v) is 16.3. The fraction of sp³-hybridized carbons (Fsp3) is 0.932. The van der Waals surface area contributed by atoms with Crippen LogP contribution in [0.2, 0.25) is 0 Å². The van der Waals surface area contributed by atoms with E-state index >= 15 is 0 Å². The summed E-state index contributed by atoms with van der Waals surface area (Å²) in [4.78, 5) is 51.8. The van der Waals surface area contributed by atoms with E-state index < -0.39 is 24.2 Å². The number of fused-ring (bicyclic) bond motifs is 2. The Morgan fingerprint density at radius 1 is 0.982 bits per heavy atom. The van der Waals surface area contributed by atoms with E-state index in [9.17, 15) is 24.6 Å². The van der Waals surface area contributed by atoms with Crippen molar-refractivity contribution in [2.24, 2.45) is 58.7 Å². The molecular weight excluding hydrogens is 697 g/mol. The van der Waals surface area contributed by atoms with Crippen molar-refractivity contribution < 1.29 is 34.2 Å². The highest BCUT2D eigenvalue weighted by molar-refractivity contribution is 5.96. The molecule has 6 saturated carbocycles. The number of carbonyl (C=O) groups excluding carboxylic acids is 3. The van der Waals surface area contributed by atoms with E-state index in [4.69, 9.17) is 9.57 Å². The minimum atomic E-state index is -0.844. The summed E-state index contributed by atoms with van der Waals surface area (Å²) in [6, 6.07) is -0.422. The van der Waals surface area contributed by atoms with Crippen LogP contribution in [0.4, 0.5) is 0 Å². The maximum atomic E-state index is 14.3. The second-order valence-corrected chi connectivity index (χ2v) is 19.9. The van der Waals surface area contributed by atoms with Gasteiger partial charge in [0.1, 0.15) is 12.1 Å². The molecule has 2 bridgehead atoms. The molecule has 11 nitrogen and oxygen atoms in total. The zero-order chi connectivity index (χ0) is 39.8. The summed E-state index contributed by atoms with van der Waals surface area (Å²) in [7, 11) is 7.66. The molecule has 0 aromatic rings. The van der Waals surface area contributed by atoms with Crippen LogP contribution >= 0.6 is 0 Å². The van der Waals surface area contributed by atoms with Crippen LogP contribution in [0.25, 0.3) is 0 Å². The molecular formula is C44H76N4O7. The number of nitrogens with one attached hydrogen (secondary N) is 1. The fourth-order valence-electron chi connectivity index (χ4n) is 12.8. The van der Waals surface area contributed by atoms with Gasteiger partial charge < -0.3 is 25.2 Å². The molecule has 6 aliphatic carbocycles. The number of hydrogen-bond donors (Lipinski definition) is 3. The van der Waals surface area contributed by atoms with Gasteiger partial charge in [0.05, 0.1) is 18.8 Å². The Kier molecular flexibility index (Phi) is 14.1. The number of aliphatic hydroxyl groups is 2. The van der Waals surface area contributed by atoms with Crippen LogP contribution in [0.3, 0.4) is 0 Å². The van der Waals surface area contributed by atoms with Gasteiger partial charge in [0.15, 0.2) is 0 Å².